The molecule has 0 saturated carbocycles. The van der Waals surface area contributed by atoms with E-state index in [2.05, 4.69) is 11.3 Å². The zero-order valence-electron chi connectivity index (χ0n) is 11.7. The van der Waals surface area contributed by atoms with Crippen LogP contribution in [-0.4, -0.2) is 36.7 Å². The number of carbonyl (C=O) groups excluding carboxylic acids is 2. The molecule has 1 aromatic rings. The van der Waals surface area contributed by atoms with Gasteiger partial charge in [-0.05, 0) is 12.1 Å². The molecule has 0 heterocycles. The molecular weight excluding hydrogens is 295 g/mol. The van der Waals surface area contributed by atoms with Crippen molar-refractivity contribution in [2.24, 2.45) is 0 Å². The van der Waals surface area contributed by atoms with E-state index in [0.717, 1.165) is 0 Å². The Bertz CT molecular complexity index is 566. The van der Waals surface area contributed by atoms with Gasteiger partial charge >= 0.3 is 11.9 Å². The van der Waals surface area contributed by atoms with Gasteiger partial charge in [0.15, 0.2) is 0 Å². The molecule has 0 spiro atoms. The molecule has 114 valence electrons. The maximum absolute atomic E-state index is 12.1. The molecule has 1 atom stereocenters. The third kappa shape index (κ3) is 5.53. The number of benzene rings is 1. The fraction of sp³-hybridized carbons (Fsp3) is 0.286. The van der Waals surface area contributed by atoms with Gasteiger partial charge in [0.1, 0.15) is 6.61 Å². The van der Waals surface area contributed by atoms with Crippen molar-refractivity contribution in [1.82, 2.24) is 0 Å². The van der Waals surface area contributed by atoms with E-state index < -0.39 is 19.3 Å². The molecule has 0 aliphatic rings. The Morgan fingerprint density at radius 3 is 2.48 bits per heavy atom. The third-order valence-corrected chi connectivity index (χ3v) is 4.59. The van der Waals surface area contributed by atoms with Gasteiger partial charge in [-0.2, -0.15) is 0 Å². The zero-order valence-corrected chi connectivity index (χ0v) is 12.5. The molecule has 6 nitrogen and oxygen atoms in total. The summed E-state index contributed by atoms with van der Waals surface area (Å²) in [6.45, 7) is 3.10. The molecule has 0 aromatic heterocycles. The smallest absolute Gasteiger partial charge is 0.336 e. The van der Waals surface area contributed by atoms with Gasteiger partial charge in [-0.15, -0.1) is 0 Å². The average molecular weight is 312 g/mol. The van der Waals surface area contributed by atoms with E-state index in [0.29, 0.717) is 0 Å². The lowest BCUT2D eigenvalue weighted by Crippen LogP contribution is -2.15. The molecule has 1 aromatic carbocycles. The Balaban J connectivity index is 2.45. The van der Waals surface area contributed by atoms with Gasteiger partial charge in [-0.3, -0.25) is 9.36 Å². The summed E-state index contributed by atoms with van der Waals surface area (Å²) < 4.78 is 21.3. The summed E-state index contributed by atoms with van der Waals surface area (Å²) in [5.74, 6) is -1.34. The first kappa shape index (κ1) is 17.1. The lowest BCUT2D eigenvalue weighted by Gasteiger charge is -2.11. The molecule has 0 amide bonds. The Morgan fingerprint density at radius 2 is 1.90 bits per heavy atom. The molecule has 0 saturated heterocycles. The quantitative estimate of drug-likeness (QED) is 0.463. The number of rotatable bonds is 7. The fourth-order valence-electron chi connectivity index (χ4n) is 1.48. The standard InChI is InChI=1S/C14H17O6P/c1-11(14(16)19-2)10-20-13(15)8-9-21(17,18)12-6-4-3-5-7-12/h3-7H,1,8-10H2,2H3,(H,17,18). The minimum Gasteiger partial charge on any atom is -0.466 e. The largest absolute Gasteiger partial charge is 0.466 e. The van der Waals surface area contributed by atoms with Crippen LogP contribution >= 0.6 is 7.37 Å². The van der Waals surface area contributed by atoms with Crippen molar-refractivity contribution >= 4 is 24.6 Å². The van der Waals surface area contributed by atoms with E-state index in [-0.39, 0.29) is 30.1 Å². The van der Waals surface area contributed by atoms with Gasteiger partial charge in [0, 0.05) is 11.5 Å². The van der Waals surface area contributed by atoms with Gasteiger partial charge in [-0.1, -0.05) is 24.8 Å². The van der Waals surface area contributed by atoms with Crippen molar-refractivity contribution in [3.63, 3.8) is 0 Å². The first-order valence-corrected chi connectivity index (χ1v) is 8.00. The molecule has 0 bridgehead atoms. The maximum atomic E-state index is 12.1. The van der Waals surface area contributed by atoms with E-state index in [4.69, 9.17) is 4.74 Å². The normalized spacial score (nSPS) is 13.0. The molecule has 21 heavy (non-hydrogen) atoms. The zero-order chi connectivity index (χ0) is 15.9. The molecule has 0 aliphatic carbocycles. The van der Waals surface area contributed by atoms with Crippen molar-refractivity contribution in [3.05, 3.63) is 42.5 Å². The van der Waals surface area contributed by atoms with Crippen molar-refractivity contribution in [1.29, 1.82) is 0 Å². The minimum absolute atomic E-state index is 0.00101. The van der Waals surface area contributed by atoms with Crippen LogP contribution in [0, 0.1) is 0 Å². The number of hydrogen-bond donors (Lipinski definition) is 1. The van der Waals surface area contributed by atoms with E-state index in [1.165, 1.54) is 19.2 Å². The molecule has 1 unspecified atom stereocenters. The van der Waals surface area contributed by atoms with Gasteiger partial charge in [0.25, 0.3) is 0 Å². The van der Waals surface area contributed by atoms with Gasteiger partial charge in [0.2, 0.25) is 7.37 Å². The second-order valence-corrected chi connectivity index (χ2v) is 6.63. The Labute approximate surface area is 122 Å². The molecule has 0 fully saturated rings. The SMILES string of the molecule is C=C(COC(=O)CCP(=O)(O)c1ccccc1)C(=O)OC. The summed E-state index contributed by atoms with van der Waals surface area (Å²) in [5.41, 5.74) is 0.00101. The monoisotopic (exact) mass is 312 g/mol. The molecule has 1 rings (SSSR count). The van der Waals surface area contributed by atoms with Crippen LogP contribution in [0.4, 0.5) is 0 Å². The summed E-state index contributed by atoms with van der Waals surface area (Å²) in [4.78, 5) is 32.4. The highest BCUT2D eigenvalue weighted by atomic mass is 31.2. The lowest BCUT2D eigenvalue weighted by molar-refractivity contribution is -0.143. The first-order valence-electron chi connectivity index (χ1n) is 6.16. The van der Waals surface area contributed by atoms with Crippen molar-refractivity contribution < 1.29 is 28.5 Å². The predicted octanol–water partition coefficient (Wildman–Crippen LogP) is 1.24. The van der Waals surface area contributed by atoms with Gasteiger partial charge in [0.05, 0.1) is 19.1 Å². The van der Waals surface area contributed by atoms with Gasteiger partial charge in [-0.25, -0.2) is 4.79 Å². The highest BCUT2D eigenvalue weighted by Gasteiger charge is 2.22. The minimum atomic E-state index is -3.59. The summed E-state index contributed by atoms with van der Waals surface area (Å²) in [6, 6.07) is 8.10. The van der Waals surface area contributed by atoms with Crippen LogP contribution in [0.1, 0.15) is 6.42 Å². The first-order chi connectivity index (χ1) is 9.86. The van der Waals surface area contributed by atoms with E-state index in [1.54, 1.807) is 18.2 Å². The summed E-state index contributed by atoms with van der Waals surface area (Å²) in [5, 5.41) is 0.289. The Kier molecular flexibility index (Phi) is 6.34. The highest BCUT2D eigenvalue weighted by Crippen LogP contribution is 2.39. The van der Waals surface area contributed by atoms with E-state index in [1.807, 2.05) is 0 Å². The molecule has 0 aliphatic heterocycles. The predicted molar refractivity (Wildman–Crippen MR) is 77.5 cm³/mol. The van der Waals surface area contributed by atoms with E-state index >= 15 is 0 Å². The van der Waals surface area contributed by atoms with Crippen molar-refractivity contribution in [2.75, 3.05) is 19.9 Å². The third-order valence-electron chi connectivity index (χ3n) is 2.66. The lowest BCUT2D eigenvalue weighted by atomic mass is 10.3. The topological polar surface area (TPSA) is 89.9 Å². The maximum Gasteiger partial charge on any atom is 0.336 e. The number of carbonyl (C=O) groups is 2. The van der Waals surface area contributed by atoms with Crippen LogP contribution in [0.2, 0.25) is 0 Å². The van der Waals surface area contributed by atoms with Crippen LogP contribution < -0.4 is 5.30 Å². The van der Waals surface area contributed by atoms with Crippen molar-refractivity contribution in [3.8, 4) is 0 Å². The molecular formula is C14H17O6P. The average Bonchev–Trinajstić information content (AvgIpc) is 2.50. The van der Waals surface area contributed by atoms with Crippen molar-refractivity contribution in [2.45, 2.75) is 6.42 Å². The molecule has 0 radical (unpaired) electrons. The second-order valence-electron chi connectivity index (χ2n) is 4.27. The van der Waals surface area contributed by atoms with Gasteiger partial charge < -0.3 is 14.4 Å². The summed E-state index contributed by atoms with van der Waals surface area (Å²) >= 11 is 0. The number of hydrogen-bond acceptors (Lipinski definition) is 5. The van der Waals surface area contributed by atoms with Crippen LogP contribution in [0.5, 0.6) is 0 Å². The Hall–Kier alpha value is -1.91. The second kappa shape index (κ2) is 7.76. The number of ether oxygens (including phenoxy) is 2. The summed E-state index contributed by atoms with van der Waals surface area (Å²) in [7, 11) is -2.39. The van der Waals surface area contributed by atoms with Crippen LogP contribution in [0.15, 0.2) is 42.5 Å². The number of methoxy groups -OCH3 is 1. The Morgan fingerprint density at radius 1 is 1.29 bits per heavy atom. The highest BCUT2D eigenvalue weighted by molar-refractivity contribution is 7.66. The molecule has 7 heteroatoms. The number of esters is 2. The fourth-order valence-corrected chi connectivity index (χ4v) is 2.86. The summed E-state index contributed by atoms with van der Waals surface area (Å²) in [6.07, 6.45) is -0.447. The van der Waals surface area contributed by atoms with Crippen LogP contribution in [0.25, 0.3) is 0 Å². The molecule has 1 N–H and O–H groups in total. The van der Waals surface area contributed by atoms with Crippen LogP contribution in [-0.2, 0) is 23.6 Å². The van der Waals surface area contributed by atoms with E-state index in [9.17, 15) is 19.0 Å². The van der Waals surface area contributed by atoms with Crippen LogP contribution in [0.3, 0.4) is 0 Å².